The predicted octanol–water partition coefficient (Wildman–Crippen LogP) is 10.1. The Balaban J connectivity index is 1.90. The number of hydrogen-bond donors (Lipinski definition) is 2. The third-order valence-electron chi connectivity index (χ3n) is 10.6. The molecule has 1 amide bonds. The summed E-state index contributed by atoms with van der Waals surface area (Å²) in [7, 11) is 0.950. The molecule has 4 atom stereocenters. The van der Waals surface area contributed by atoms with Gasteiger partial charge in [-0.25, -0.2) is 9.46 Å². The highest BCUT2D eigenvalue weighted by Crippen LogP contribution is 2.53. The van der Waals surface area contributed by atoms with Crippen molar-refractivity contribution in [2.75, 3.05) is 20.8 Å². The van der Waals surface area contributed by atoms with E-state index in [1.807, 2.05) is 111 Å². The normalized spacial score (nSPS) is 13.6. The fourth-order valence-corrected chi connectivity index (χ4v) is 9.18. The Bertz CT molecular complexity index is 1880. The number of nitrogens with one attached hydrogen (secondary N) is 1. The Morgan fingerprint density at radius 3 is 1.80 bits per heavy atom. The number of carbonyl (C=O) groups is 2. The van der Waals surface area contributed by atoms with Crippen molar-refractivity contribution in [2.24, 2.45) is 5.92 Å². The van der Waals surface area contributed by atoms with Gasteiger partial charge in [0.2, 0.25) is 5.91 Å². The van der Waals surface area contributed by atoms with Gasteiger partial charge < -0.3 is 33.7 Å². The van der Waals surface area contributed by atoms with Crippen molar-refractivity contribution in [2.45, 2.75) is 110 Å². The van der Waals surface area contributed by atoms with Gasteiger partial charge in [-0.2, -0.15) is 5.26 Å². The van der Waals surface area contributed by atoms with Gasteiger partial charge in [-0.15, -0.1) is 0 Å². The molecule has 0 bridgehead atoms. The molecule has 0 saturated carbocycles. The maximum atomic E-state index is 14.1. The molecule has 4 unspecified atom stereocenters. The van der Waals surface area contributed by atoms with Gasteiger partial charge >= 0.3 is 6.16 Å². The molecule has 2 N–H and O–H groups in total. The minimum atomic E-state index is -2.28. The standard InChI is InChI=1S/C48H62N3O8P/c1-9-11-13-18-44(50-45(52)32-21-36-19-26-42(27-20-36)58-47(53)57-10-2)43(33-49)46(59-60(54)51(34(3)4)35(5)6)48(37-16-14-12-15-17-37,38-22-28-40(55-7)29-23-38)39-24-30-41(56-8)31-25-39/h12,14-17,19-20,22-31,34-35,43-44,46,54H,9-11,13,18,21,32H2,1-8H3,(H,50,52). The summed E-state index contributed by atoms with van der Waals surface area (Å²) in [4.78, 5) is 38.2. The zero-order valence-corrected chi connectivity index (χ0v) is 37.2. The van der Waals surface area contributed by atoms with E-state index < -0.39 is 38.2 Å². The van der Waals surface area contributed by atoms with E-state index in [1.54, 1.807) is 45.4 Å². The highest BCUT2D eigenvalue weighted by atomic mass is 31.2. The number of hydrogen-bond acceptors (Lipinski definition) is 10. The van der Waals surface area contributed by atoms with Crippen LogP contribution in [0.15, 0.2) is 103 Å². The second kappa shape index (κ2) is 23.7. The average Bonchev–Trinajstić information content (AvgIpc) is 3.24. The zero-order valence-electron chi connectivity index (χ0n) is 36.3. The van der Waals surface area contributed by atoms with Crippen LogP contribution in [0.1, 0.15) is 95.9 Å². The molecule has 0 spiro atoms. The molecule has 4 aromatic rings. The summed E-state index contributed by atoms with van der Waals surface area (Å²) in [5.41, 5.74) is 2.12. The van der Waals surface area contributed by atoms with Crippen LogP contribution in [-0.2, 0) is 25.9 Å². The monoisotopic (exact) mass is 839 g/mol. The minimum absolute atomic E-state index is 0.0822. The van der Waals surface area contributed by atoms with E-state index in [0.717, 1.165) is 41.5 Å². The first-order valence-electron chi connectivity index (χ1n) is 20.8. The number of nitrogens with zero attached hydrogens (tertiary/aromatic N) is 2. The molecule has 4 rings (SSSR count). The summed E-state index contributed by atoms with van der Waals surface area (Å²) in [6.07, 6.45) is 1.85. The summed E-state index contributed by atoms with van der Waals surface area (Å²) in [5.74, 6) is 0.469. The third kappa shape index (κ3) is 12.3. The Morgan fingerprint density at radius 1 is 0.783 bits per heavy atom. The first kappa shape index (κ1) is 47.7. The highest BCUT2D eigenvalue weighted by Gasteiger charge is 2.52. The molecule has 0 aliphatic heterocycles. The van der Waals surface area contributed by atoms with E-state index in [0.29, 0.717) is 30.1 Å². The number of nitriles is 1. The van der Waals surface area contributed by atoms with Crippen molar-refractivity contribution < 1.29 is 38.0 Å². The molecule has 0 aliphatic carbocycles. The number of carbonyl (C=O) groups excluding carboxylic acids is 2. The van der Waals surface area contributed by atoms with E-state index >= 15 is 0 Å². The Hall–Kier alpha value is -4.98. The quantitative estimate of drug-likeness (QED) is 0.0244. The summed E-state index contributed by atoms with van der Waals surface area (Å²) in [6.45, 7) is 12.1. The predicted molar refractivity (Wildman–Crippen MR) is 236 cm³/mol. The van der Waals surface area contributed by atoms with Crippen LogP contribution in [0.25, 0.3) is 0 Å². The molecule has 60 heavy (non-hydrogen) atoms. The van der Waals surface area contributed by atoms with Crippen LogP contribution < -0.4 is 19.5 Å². The summed E-state index contributed by atoms with van der Waals surface area (Å²) < 4.78 is 30.4. The topological polar surface area (TPSA) is 140 Å². The number of ether oxygens (including phenoxy) is 4. The fraction of sp³-hybridized carbons (Fsp3) is 0.438. The molecule has 4 aromatic carbocycles. The van der Waals surface area contributed by atoms with Gasteiger partial charge in [0, 0.05) is 24.5 Å². The van der Waals surface area contributed by atoms with Gasteiger partial charge in [0.05, 0.1) is 38.2 Å². The fourth-order valence-electron chi connectivity index (χ4n) is 7.79. The SMILES string of the molecule is CCCCCC(NC(=O)CCc1ccc(OC(=O)OCC)cc1)C(C#N)C(OP(O)N(C(C)C)C(C)C)C(c1ccccc1)(c1ccc(OC)cc1)c1ccc(OC)cc1. The van der Waals surface area contributed by atoms with Crippen molar-refractivity contribution in [1.82, 2.24) is 9.99 Å². The summed E-state index contributed by atoms with van der Waals surface area (Å²) in [5, 5.41) is 14.8. The van der Waals surface area contributed by atoms with Gasteiger partial charge in [0.25, 0.3) is 8.53 Å². The molecule has 12 heteroatoms. The number of benzene rings is 4. The maximum absolute atomic E-state index is 14.1. The first-order valence-corrected chi connectivity index (χ1v) is 22.0. The minimum Gasteiger partial charge on any atom is -0.497 e. The molecular weight excluding hydrogens is 778 g/mol. The molecule has 0 aromatic heterocycles. The van der Waals surface area contributed by atoms with E-state index in [9.17, 15) is 19.7 Å². The van der Waals surface area contributed by atoms with Crippen LogP contribution in [0.5, 0.6) is 17.2 Å². The summed E-state index contributed by atoms with van der Waals surface area (Å²) >= 11 is 0. The molecule has 0 saturated heterocycles. The van der Waals surface area contributed by atoms with Crippen LogP contribution >= 0.6 is 8.53 Å². The highest BCUT2D eigenvalue weighted by molar-refractivity contribution is 7.43. The van der Waals surface area contributed by atoms with Crippen molar-refractivity contribution in [3.05, 3.63) is 125 Å². The van der Waals surface area contributed by atoms with Gasteiger partial charge in [0.15, 0.2) is 0 Å². The lowest BCUT2D eigenvalue weighted by molar-refractivity contribution is -0.122. The second-order valence-corrected chi connectivity index (χ2v) is 16.4. The van der Waals surface area contributed by atoms with E-state index in [2.05, 4.69) is 18.3 Å². The number of methoxy groups -OCH3 is 2. The van der Waals surface area contributed by atoms with Crippen molar-refractivity contribution >= 4 is 20.6 Å². The van der Waals surface area contributed by atoms with Gasteiger partial charge in [-0.1, -0.05) is 92.9 Å². The van der Waals surface area contributed by atoms with Gasteiger partial charge in [0.1, 0.15) is 23.4 Å². The van der Waals surface area contributed by atoms with Crippen LogP contribution in [0.2, 0.25) is 0 Å². The molecule has 322 valence electrons. The number of rotatable bonds is 23. The molecule has 0 heterocycles. The molecule has 0 fully saturated rings. The van der Waals surface area contributed by atoms with E-state index in [4.69, 9.17) is 23.5 Å². The van der Waals surface area contributed by atoms with Crippen molar-refractivity contribution in [3.63, 3.8) is 0 Å². The van der Waals surface area contributed by atoms with Gasteiger partial charge in [-0.05, 0) is 106 Å². The largest absolute Gasteiger partial charge is 0.513 e. The van der Waals surface area contributed by atoms with E-state index in [-0.39, 0.29) is 31.0 Å². The van der Waals surface area contributed by atoms with Crippen LogP contribution in [0.4, 0.5) is 4.79 Å². The van der Waals surface area contributed by atoms with E-state index in [1.165, 1.54) is 0 Å². The Labute approximate surface area is 357 Å². The molecule has 0 aliphatic rings. The van der Waals surface area contributed by atoms with Crippen molar-refractivity contribution in [1.29, 1.82) is 5.26 Å². The Kier molecular flexibility index (Phi) is 18.9. The lowest BCUT2D eigenvalue weighted by atomic mass is 9.62. The Morgan fingerprint density at radius 2 is 1.32 bits per heavy atom. The molecule has 0 radical (unpaired) electrons. The van der Waals surface area contributed by atoms with Crippen LogP contribution in [-0.4, -0.2) is 66.7 Å². The average molecular weight is 840 g/mol. The molecule has 11 nitrogen and oxygen atoms in total. The number of amides is 1. The third-order valence-corrected chi connectivity index (χ3v) is 12.3. The van der Waals surface area contributed by atoms with Crippen LogP contribution in [0.3, 0.4) is 0 Å². The maximum Gasteiger partial charge on any atom is 0.513 e. The smallest absolute Gasteiger partial charge is 0.497 e. The number of aryl methyl sites for hydroxylation is 1. The number of unbranched alkanes of at least 4 members (excludes halogenated alkanes) is 2. The summed E-state index contributed by atoms with van der Waals surface area (Å²) in [6, 6.07) is 34.2. The van der Waals surface area contributed by atoms with Gasteiger partial charge in [-0.3, -0.25) is 4.79 Å². The first-order chi connectivity index (χ1) is 28.9. The lowest BCUT2D eigenvalue weighted by Gasteiger charge is -2.47. The zero-order chi connectivity index (χ0) is 43.7. The van der Waals surface area contributed by atoms with Crippen molar-refractivity contribution in [3.8, 4) is 23.3 Å². The van der Waals surface area contributed by atoms with Crippen LogP contribution in [0, 0.1) is 17.2 Å². The second-order valence-electron chi connectivity index (χ2n) is 15.2. The lowest BCUT2D eigenvalue weighted by Crippen LogP contribution is -2.54. The molecular formula is C48H62N3O8P.